The second kappa shape index (κ2) is 11.9. The first-order chi connectivity index (χ1) is 21.1. The number of sulfone groups is 1. The normalized spacial score (nSPS) is 15.2. The van der Waals surface area contributed by atoms with Crippen LogP contribution < -0.4 is 10.5 Å². The molecule has 9 nitrogen and oxygen atoms in total. The van der Waals surface area contributed by atoms with Crippen LogP contribution in [0.15, 0.2) is 60.4 Å². The molecule has 1 aliphatic carbocycles. The third kappa shape index (κ3) is 6.13. The predicted octanol–water partition coefficient (Wildman–Crippen LogP) is 5.39. The number of aryl methyl sites for hydroxylation is 1. The summed E-state index contributed by atoms with van der Waals surface area (Å²) in [7, 11) is -3.54. The summed E-state index contributed by atoms with van der Waals surface area (Å²) >= 11 is 0. The molecule has 0 atom stereocenters. The molecule has 3 heterocycles. The number of carbonyl (C=O) groups excluding carboxylic acids is 1. The average Bonchev–Trinajstić information content (AvgIpc) is 3.57. The van der Waals surface area contributed by atoms with Crippen LogP contribution in [0, 0.1) is 24.5 Å². The first kappa shape index (κ1) is 29.6. The Labute approximate surface area is 253 Å². The van der Waals surface area contributed by atoms with E-state index in [4.69, 9.17) is 15.2 Å². The van der Waals surface area contributed by atoms with E-state index in [0.29, 0.717) is 54.0 Å². The fourth-order valence-corrected chi connectivity index (χ4v) is 7.44. The van der Waals surface area contributed by atoms with Crippen molar-refractivity contribution in [3.05, 3.63) is 99.9 Å². The topological polar surface area (TPSA) is 126 Å². The van der Waals surface area contributed by atoms with Crippen molar-refractivity contribution in [3.63, 3.8) is 0 Å². The molecule has 2 aromatic carbocycles. The van der Waals surface area contributed by atoms with Gasteiger partial charge in [0.1, 0.15) is 11.6 Å². The van der Waals surface area contributed by atoms with Crippen molar-refractivity contribution >= 4 is 27.5 Å². The molecule has 0 unspecified atom stereocenters. The number of pyridine rings is 1. The number of hydrogen-bond acceptors (Lipinski definition) is 8. The van der Waals surface area contributed by atoms with Gasteiger partial charge in [0.25, 0.3) is 0 Å². The van der Waals surface area contributed by atoms with E-state index >= 15 is 4.39 Å². The second-order valence-electron chi connectivity index (χ2n) is 11.1. The number of nitrogens with two attached hydrogens (primary N) is 1. The molecule has 0 amide bonds. The molecule has 228 valence electrons. The number of nitrogen functional groups attached to an aromatic ring is 1. The van der Waals surface area contributed by atoms with Crippen LogP contribution in [-0.2, 0) is 26.7 Å². The van der Waals surface area contributed by atoms with E-state index in [9.17, 15) is 17.6 Å². The Morgan fingerprint density at radius 3 is 2.64 bits per heavy atom. The van der Waals surface area contributed by atoms with Crippen LogP contribution in [0.5, 0.6) is 11.6 Å². The number of Topliss-reactive ketones (excluding diaryl/α,β-unsaturated/α-hetero) is 1. The molecular weight excluding hydrogens is 590 g/mol. The molecule has 44 heavy (non-hydrogen) atoms. The molecule has 6 rings (SSSR count). The van der Waals surface area contributed by atoms with Gasteiger partial charge in [-0.2, -0.15) is 5.10 Å². The molecule has 1 saturated heterocycles. The number of allylic oxidation sites excluding steroid dienone is 1. The minimum Gasteiger partial charge on any atom is -0.436 e. The molecule has 2 N–H and O–H groups in total. The van der Waals surface area contributed by atoms with Crippen molar-refractivity contribution in [3.8, 4) is 17.3 Å². The second-order valence-corrected chi connectivity index (χ2v) is 13.2. The molecule has 0 saturated carbocycles. The van der Waals surface area contributed by atoms with Gasteiger partial charge in [-0.15, -0.1) is 0 Å². The van der Waals surface area contributed by atoms with E-state index < -0.39 is 27.2 Å². The van der Waals surface area contributed by atoms with Gasteiger partial charge in [-0.25, -0.2) is 26.9 Å². The number of benzene rings is 2. The van der Waals surface area contributed by atoms with E-state index in [0.717, 1.165) is 0 Å². The highest BCUT2D eigenvalue weighted by Crippen LogP contribution is 2.33. The Balaban J connectivity index is 1.17. The van der Waals surface area contributed by atoms with Crippen LogP contribution in [0.1, 0.15) is 45.5 Å². The highest BCUT2D eigenvalue weighted by molar-refractivity contribution is 7.90. The van der Waals surface area contributed by atoms with E-state index in [1.165, 1.54) is 41.3 Å². The molecule has 1 fully saturated rings. The van der Waals surface area contributed by atoms with Crippen molar-refractivity contribution < 1.29 is 31.5 Å². The Hall–Kier alpha value is -4.42. The van der Waals surface area contributed by atoms with E-state index in [1.54, 1.807) is 31.2 Å². The monoisotopic (exact) mass is 620 g/mol. The number of fused-ring (bicyclic) bond motifs is 1. The molecule has 0 radical (unpaired) electrons. The largest absolute Gasteiger partial charge is 0.436 e. The number of aromatic nitrogens is 3. The number of rotatable bonds is 9. The highest BCUT2D eigenvalue weighted by atomic mass is 32.2. The fraction of sp³-hybridized carbons (Fsp3) is 0.281. The summed E-state index contributed by atoms with van der Waals surface area (Å²) < 4.78 is 66.9. The molecule has 2 aliphatic rings. The summed E-state index contributed by atoms with van der Waals surface area (Å²) in [6.45, 7) is 2.85. The fourth-order valence-electron chi connectivity index (χ4n) is 5.58. The quantitative estimate of drug-likeness (QED) is 0.247. The molecule has 2 aromatic heterocycles. The van der Waals surface area contributed by atoms with E-state index in [-0.39, 0.29) is 52.4 Å². The maximum Gasteiger partial charge on any atom is 0.219 e. The molecule has 1 aliphatic heterocycles. The van der Waals surface area contributed by atoms with E-state index in [1.807, 2.05) is 0 Å². The number of carbonyl (C=O) groups is 1. The Bertz CT molecular complexity index is 1900. The highest BCUT2D eigenvalue weighted by Gasteiger charge is 2.28. The number of nitrogens with zero attached hydrogens (tertiary/aromatic N) is 3. The maximum atomic E-state index is 15.0. The summed E-state index contributed by atoms with van der Waals surface area (Å²) in [4.78, 5) is 17.7. The Morgan fingerprint density at radius 1 is 1.11 bits per heavy atom. The maximum absolute atomic E-state index is 15.0. The lowest BCUT2D eigenvalue weighted by molar-refractivity contribution is 0.0723. The van der Waals surface area contributed by atoms with Crippen LogP contribution in [0.25, 0.3) is 11.8 Å². The lowest BCUT2D eigenvalue weighted by atomic mass is 10.0. The minimum absolute atomic E-state index is 0.00550. The van der Waals surface area contributed by atoms with Gasteiger partial charge >= 0.3 is 0 Å². The molecule has 12 heteroatoms. The summed E-state index contributed by atoms with van der Waals surface area (Å²) in [6.07, 6.45) is 5.97. The predicted molar refractivity (Wildman–Crippen MR) is 160 cm³/mol. The van der Waals surface area contributed by atoms with Crippen molar-refractivity contribution in [2.75, 3.05) is 24.7 Å². The minimum atomic E-state index is -3.54. The lowest BCUT2D eigenvalue weighted by Crippen LogP contribution is -2.24. The summed E-state index contributed by atoms with van der Waals surface area (Å²) in [5.74, 6) is -1.61. The van der Waals surface area contributed by atoms with Gasteiger partial charge in [0.05, 0.1) is 35.2 Å². The number of hydrogen-bond donors (Lipinski definition) is 1. The van der Waals surface area contributed by atoms with Gasteiger partial charge in [0, 0.05) is 36.8 Å². The molecule has 0 bridgehead atoms. The van der Waals surface area contributed by atoms with Gasteiger partial charge in [0.2, 0.25) is 5.88 Å². The first-order valence-corrected chi connectivity index (χ1v) is 16.0. The van der Waals surface area contributed by atoms with Crippen LogP contribution >= 0.6 is 0 Å². The van der Waals surface area contributed by atoms with Crippen molar-refractivity contribution in [2.45, 2.75) is 31.9 Å². The smallest absolute Gasteiger partial charge is 0.219 e. The van der Waals surface area contributed by atoms with Gasteiger partial charge in [-0.05, 0) is 66.6 Å². The van der Waals surface area contributed by atoms with Gasteiger partial charge in [-0.3, -0.25) is 4.79 Å². The Morgan fingerprint density at radius 2 is 1.89 bits per heavy atom. The third-order valence-corrected chi connectivity index (χ3v) is 9.64. The third-order valence-electron chi connectivity index (χ3n) is 7.90. The number of ether oxygens (including phenoxy) is 2. The zero-order chi connectivity index (χ0) is 31.0. The van der Waals surface area contributed by atoms with Crippen LogP contribution in [-0.4, -0.2) is 47.9 Å². The van der Waals surface area contributed by atoms with Crippen LogP contribution in [0.3, 0.4) is 0 Å². The standard InChI is InChI=1S/C32H30F2N4O5S/c1-19-10-30(43-29-5-3-2-4-26(29)33)36-16-28(19)38-32(35)25(15-37-38)31(39)23-11-21-13-24(27(34)14-22(21)12-23)18-44(40,41)17-20-6-8-42-9-7-20/h2-5,10,12-16,20H,6-9,11,17-18,35H2,1H3. The average molecular weight is 621 g/mol. The number of anilines is 1. The van der Waals surface area contributed by atoms with E-state index in [2.05, 4.69) is 10.1 Å². The van der Waals surface area contributed by atoms with Crippen LogP contribution in [0.2, 0.25) is 0 Å². The van der Waals surface area contributed by atoms with Crippen molar-refractivity contribution in [1.82, 2.24) is 14.8 Å². The number of para-hydroxylation sites is 1. The SMILES string of the molecule is Cc1cc(Oc2ccccc2F)ncc1-n1ncc(C(=O)C2=Cc3cc(F)c(CS(=O)(=O)CC4CCOCC4)cc3C2)c1N. The lowest BCUT2D eigenvalue weighted by Gasteiger charge is -2.21. The summed E-state index contributed by atoms with van der Waals surface area (Å²) in [5, 5.41) is 4.30. The van der Waals surface area contributed by atoms with Crippen molar-refractivity contribution in [1.29, 1.82) is 0 Å². The summed E-state index contributed by atoms with van der Waals surface area (Å²) in [5.41, 5.74) is 9.36. The molecular formula is C32H30F2N4O5S. The number of halogens is 2. The van der Waals surface area contributed by atoms with Gasteiger partial charge < -0.3 is 15.2 Å². The molecule has 4 aromatic rings. The van der Waals surface area contributed by atoms with Gasteiger partial charge in [0.15, 0.2) is 27.2 Å². The zero-order valence-electron chi connectivity index (χ0n) is 23.9. The molecule has 0 spiro atoms. The first-order valence-electron chi connectivity index (χ1n) is 14.2. The van der Waals surface area contributed by atoms with Gasteiger partial charge in [-0.1, -0.05) is 18.2 Å². The zero-order valence-corrected chi connectivity index (χ0v) is 24.7. The summed E-state index contributed by atoms with van der Waals surface area (Å²) in [6, 6.07) is 10.4. The number of ketones is 1. The van der Waals surface area contributed by atoms with Crippen LogP contribution in [0.4, 0.5) is 14.6 Å². The van der Waals surface area contributed by atoms with Crippen molar-refractivity contribution in [2.24, 2.45) is 5.92 Å². The Kier molecular flexibility index (Phi) is 8.04.